The summed E-state index contributed by atoms with van der Waals surface area (Å²) in [6, 6.07) is 5.61. The number of quaternary nitrogens is 1. The molecule has 0 fully saturated rings. The van der Waals surface area contributed by atoms with Crippen LogP contribution >= 0.6 is 0 Å². The second-order valence-electron chi connectivity index (χ2n) is 4.76. The number of carbonyl (C=O) groups excluding carboxylic acids is 1. The van der Waals surface area contributed by atoms with Crippen molar-refractivity contribution in [1.82, 2.24) is 4.48 Å². The topological polar surface area (TPSA) is 83.5 Å². The van der Waals surface area contributed by atoms with Gasteiger partial charge in [-0.05, 0) is 6.07 Å². The van der Waals surface area contributed by atoms with Crippen LogP contribution in [0.5, 0.6) is 5.75 Å². The van der Waals surface area contributed by atoms with E-state index < -0.39 is 10.1 Å². The SMILES string of the molecule is COc1cc([N+](C)(C)C)ccc1C=O.CS(=O)(=O)[O-]. The number of ether oxygens (including phenoxy) is 1. The fourth-order valence-electron chi connectivity index (χ4n) is 1.21. The lowest BCUT2D eigenvalue weighted by molar-refractivity contribution is 0.112. The standard InChI is InChI=1S/C11H16NO2.CH4O3S/c1-12(2,3)10-6-5-9(8-13)11(7-10)14-4;1-5(2,3)4/h5-8H,1-4H3;1H3,(H,2,3,4)/q+1;/p-1. The van der Waals surface area contributed by atoms with E-state index in [1.165, 1.54) is 0 Å². The number of carbonyl (C=O) groups is 1. The molecule has 0 saturated heterocycles. The molecule has 0 aliphatic rings. The highest BCUT2D eigenvalue weighted by Crippen LogP contribution is 2.25. The molecule has 6 nitrogen and oxygen atoms in total. The molecule has 0 radical (unpaired) electrons. The van der Waals surface area contributed by atoms with Gasteiger partial charge >= 0.3 is 0 Å². The number of nitrogens with zero attached hydrogens (tertiary/aromatic N) is 1. The Hall–Kier alpha value is -1.44. The van der Waals surface area contributed by atoms with Crippen LogP contribution in [0.4, 0.5) is 5.69 Å². The Morgan fingerprint density at radius 2 is 1.74 bits per heavy atom. The predicted octanol–water partition coefficient (Wildman–Crippen LogP) is 0.866. The van der Waals surface area contributed by atoms with Crippen molar-refractivity contribution in [2.24, 2.45) is 0 Å². The molecule has 0 aliphatic carbocycles. The Bertz CT molecular complexity index is 524. The predicted molar refractivity (Wildman–Crippen MR) is 73.6 cm³/mol. The van der Waals surface area contributed by atoms with E-state index in [-0.39, 0.29) is 0 Å². The number of aldehydes is 1. The molecule has 1 aromatic rings. The summed E-state index contributed by atoms with van der Waals surface area (Å²) < 4.78 is 33.1. The van der Waals surface area contributed by atoms with Crippen molar-refractivity contribution < 1.29 is 22.5 Å². The first-order valence-corrected chi connectivity index (χ1v) is 7.16. The summed E-state index contributed by atoms with van der Waals surface area (Å²) in [5.74, 6) is 0.630. The monoisotopic (exact) mass is 289 g/mol. The molecule has 0 heterocycles. The summed E-state index contributed by atoms with van der Waals surface area (Å²) in [5.41, 5.74) is 1.69. The lowest BCUT2D eigenvalue weighted by Gasteiger charge is -2.23. The molecule has 1 rings (SSSR count). The fourth-order valence-corrected chi connectivity index (χ4v) is 1.21. The maximum Gasteiger partial charge on any atom is 0.153 e. The van der Waals surface area contributed by atoms with Crippen LogP contribution in [-0.4, -0.2) is 53.8 Å². The second-order valence-corrected chi connectivity index (χ2v) is 6.17. The molecule has 0 N–H and O–H groups in total. The molecule has 0 bridgehead atoms. The molecular weight excluding hydrogens is 270 g/mol. The van der Waals surface area contributed by atoms with Crippen LogP contribution in [0.2, 0.25) is 0 Å². The van der Waals surface area contributed by atoms with Gasteiger partial charge in [-0.3, -0.25) is 9.28 Å². The smallest absolute Gasteiger partial charge is 0.153 e. The van der Waals surface area contributed by atoms with Crippen molar-refractivity contribution in [1.29, 1.82) is 0 Å². The molecule has 19 heavy (non-hydrogen) atoms. The van der Waals surface area contributed by atoms with E-state index >= 15 is 0 Å². The highest BCUT2D eigenvalue weighted by Gasteiger charge is 2.14. The zero-order valence-electron chi connectivity index (χ0n) is 11.7. The van der Waals surface area contributed by atoms with Crippen LogP contribution in [0.1, 0.15) is 10.4 Å². The van der Waals surface area contributed by atoms with E-state index in [4.69, 9.17) is 17.7 Å². The van der Waals surface area contributed by atoms with Crippen molar-refractivity contribution in [2.75, 3.05) is 34.5 Å². The van der Waals surface area contributed by atoms with Crippen LogP contribution < -0.4 is 9.22 Å². The largest absolute Gasteiger partial charge is 0.748 e. The maximum atomic E-state index is 10.7. The molecule has 0 aromatic heterocycles. The first-order valence-electron chi connectivity index (χ1n) is 5.35. The van der Waals surface area contributed by atoms with E-state index in [0.717, 1.165) is 12.0 Å². The molecule has 0 unspecified atom stereocenters. The van der Waals surface area contributed by atoms with Crippen molar-refractivity contribution in [3.05, 3.63) is 23.8 Å². The Morgan fingerprint density at radius 1 is 1.26 bits per heavy atom. The van der Waals surface area contributed by atoms with Gasteiger partial charge in [-0.1, -0.05) is 0 Å². The lowest BCUT2D eigenvalue weighted by Crippen LogP contribution is -2.34. The third-order valence-electron chi connectivity index (χ3n) is 2.12. The molecule has 0 saturated carbocycles. The van der Waals surface area contributed by atoms with Gasteiger partial charge in [0.2, 0.25) is 0 Å². The Morgan fingerprint density at radius 3 is 2.05 bits per heavy atom. The Balaban J connectivity index is 0.000000555. The number of methoxy groups -OCH3 is 1. The minimum Gasteiger partial charge on any atom is -0.748 e. The molecule has 0 aliphatic heterocycles. The van der Waals surface area contributed by atoms with Gasteiger partial charge in [0.1, 0.15) is 11.4 Å². The molecular formula is C12H19NO5S. The highest BCUT2D eigenvalue weighted by atomic mass is 32.2. The number of benzene rings is 1. The zero-order valence-corrected chi connectivity index (χ0v) is 12.5. The number of rotatable bonds is 3. The summed E-state index contributed by atoms with van der Waals surface area (Å²) in [7, 11) is 3.85. The number of hydrogen-bond donors (Lipinski definition) is 0. The molecule has 0 atom stereocenters. The molecule has 0 amide bonds. The van der Waals surface area contributed by atoms with Gasteiger partial charge in [-0.2, -0.15) is 0 Å². The van der Waals surface area contributed by atoms with E-state index in [1.807, 2.05) is 12.1 Å². The fraction of sp³-hybridized carbons (Fsp3) is 0.417. The van der Waals surface area contributed by atoms with Gasteiger partial charge in [-0.25, -0.2) is 8.42 Å². The van der Waals surface area contributed by atoms with Crippen molar-refractivity contribution in [2.45, 2.75) is 0 Å². The van der Waals surface area contributed by atoms with Crippen molar-refractivity contribution >= 4 is 22.1 Å². The van der Waals surface area contributed by atoms with Crippen molar-refractivity contribution in [3.8, 4) is 5.75 Å². The quantitative estimate of drug-likeness (QED) is 0.468. The van der Waals surface area contributed by atoms with E-state index in [0.29, 0.717) is 22.1 Å². The minimum absolute atomic E-state index is 0.588. The minimum atomic E-state index is -3.92. The average molecular weight is 289 g/mol. The highest BCUT2D eigenvalue weighted by molar-refractivity contribution is 7.84. The van der Waals surface area contributed by atoms with Gasteiger partial charge < -0.3 is 9.29 Å². The molecule has 7 heteroatoms. The third kappa shape index (κ3) is 7.55. The van der Waals surface area contributed by atoms with Gasteiger partial charge in [0, 0.05) is 18.4 Å². The van der Waals surface area contributed by atoms with Gasteiger partial charge in [0.05, 0.1) is 43.9 Å². The normalized spacial score (nSPS) is 11.3. The first kappa shape index (κ1) is 17.6. The van der Waals surface area contributed by atoms with Gasteiger partial charge in [-0.15, -0.1) is 0 Å². The maximum absolute atomic E-state index is 10.7. The first-order chi connectivity index (χ1) is 8.49. The third-order valence-corrected chi connectivity index (χ3v) is 2.12. The molecule has 108 valence electrons. The zero-order chi connectivity index (χ0) is 15.3. The van der Waals surface area contributed by atoms with E-state index in [1.54, 1.807) is 13.2 Å². The summed E-state index contributed by atoms with van der Waals surface area (Å²) in [5, 5.41) is 0. The van der Waals surface area contributed by atoms with Crippen LogP contribution in [0, 0.1) is 0 Å². The molecule has 1 aromatic carbocycles. The van der Waals surface area contributed by atoms with Crippen LogP contribution in [0.3, 0.4) is 0 Å². The number of hydrogen-bond acceptors (Lipinski definition) is 5. The Kier molecular flexibility index (Phi) is 6.14. The summed E-state index contributed by atoms with van der Waals surface area (Å²) in [6.07, 6.45) is 1.41. The average Bonchev–Trinajstić information content (AvgIpc) is 2.24. The summed E-state index contributed by atoms with van der Waals surface area (Å²) >= 11 is 0. The van der Waals surface area contributed by atoms with Crippen LogP contribution in [0.15, 0.2) is 18.2 Å². The van der Waals surface area contributed by atoms with Gasteiger partial charge in [0.25, 0.3) is 0 Å². The van der Waals surface area contributed by atoms with Gasteiger partial charge in [0.15, 0.2) is 6.29 Å². The van der Waals surface area contributed by atoms with Crippen molar-refractivity contribution in [3.63, 3.8) is 0 Å². The summed E-state index contributed by atoms with van der Waals surface area (Å²) in [6.45, 7) is 0. The van der Waals surface area contributed by atoms with E-state index in [9.17, 15) is 4.79 Å². The molecule has 0 spiro atoms. The van der Waals surface area contributed by atoms with Crippen LogP contribution in [-0.2, 0) is 10.1 Å². The Labute approximate surface area is 114 Å². The lowest BCUT2D eigenvalue weighted by atomic mass is 10.2. The summed E-state index contributed by atoms with van der Waals surface area (Å²) in [4.78, 5) is 10.7. The van der Waals surface area contributed by atoms with Crippen LogP contribution in [0.25, 0.3) is 0 Å². The van der Waals surface area contributed by atoms with E-state index in [2.05, 4.69) is 21.1 Å². The second kappa shape index (κ2) is 6.65.